The zero-order valence-corrected chi connectivity index (χ0v) is 14.6. The number of halogens is 1. The van der Waals surface area contributed by atoms with Crippen molar-refractivity contribution in [1.29, 1.82) is 0 Å². The molecule has 0 saturated heterocycles. The van der Waals surface area contributed by atoms with Gasteiger partial charge in [-0.3, -0.25) is 0 Å². The number of hydrogen-bond donors (Lipinski definition) is 2. The first-order valence-corrected chi connectivity index (χ1v) is 8.27. The van der Waals surface area contributed by atoms with E-state index >= 15 is 0 Å². The van der Waals surface area contributed by atoms with Crippen LogP contribution in [0.25, 0.3) is 11.5 Å². The van der Waals surface area contributed by atoms with Crippen LogP contribution in [-0.4, -0.2) is 20.3 Å². The number of ether oxygens (including phenoxy) is 2. The molecule has 0 spiro atoms. The Kier molecular flexibility index (Phi) is 4.97. The van der Waals surface area contributed by atoms with Crippen LogP contribution in [0, 0.1) is 6.92 Å². The summed E-state index contributed by atoms with van der Waals surface area (Å²) >= 11 is 6.15. The van der Waals surface area contributed by atoms with Crippen molar-refractivity contribution in [3.63, 3.8) is 0 Å². The molecule has 1 aliphatic rings. The molecule has 2 aromatic carbocycles. The second kappa shape index (κ2) is 7.16. The number of rotatable bonds is 5. The van der Waals surface area contributed by atoms with Gasteiger partial charge in [-0.2, -0.15) is 0 Å². The fraction of sp³-hybridized carbons (Fsp3) is 0.263. The molecular formula is C19H21ClN2O2. The van der Waals surface area contributed by atoms with Gasteiger partial charge in [-0.05, 0) is 30.2 Å². The van der Waals surface area contributed by atoms with Crippen LogP contribution < -0.4 is 15.8 Å². The van der Waals surface area contributed by atoms with Crippen molar-refractivity contribution in [2.75, 3.05) is 20.3 Å². The molecule has 2 aromatic rings. The van der Waals surface area contributed by atoms with Crippen molar-refractivity contribution in [2.45, 2.75) is 13.5 Å². The molecule has 1 aliphatic heterocycles. The van der Waals surface area contributed by atoms with E-state index in [-0.39, 0.29) is 0 Å². The van der Waals surface area contributed by atoms with Crippen molar-refractivity contribution in [1.82, 2.24) is 5.32 Å². The lowest BCUT2D eigenvalue weighted by atomic mass is 9.94. The third-order valence-electron chi connectivity index (χ3n) is 4.07. The van der Waals surface area contributed by atoms with Gasteiger partial charge in [-0.25, -0.2) is 0 Å². The van der Waals surface area contributed by atoms with Crippen molar-refractivity contribution < 1.29 is 9.47 Å². The van der Waals surface area contributed by atoms with E-state index < -0.39 is 0 Å². The molecule has 0 radical (unpaired) electrons. The normalized spacial score (nSPS) is 13.3. The van der Waals surface area contributed by atoms with E-state index in [0.29, 0.717) is 23.9 Å². The molecule has 0 atom stereocenters. The first kappa shape index (κ1) is 16.7. The lowest BCUT2D eigenvalue weighted by Gasteiger charge is -2.27. The highest BCUT2D eigenvalue weighted by Crippen LogP contribution is 2.36. The molecule has 0 amide bonds. The number of nitrogens with one attached hydrogen (secondary N) is 1. The molecule has 0 aromatic heterocycles. The summed E-state index contributed by atoms with van der Waals surface area (Å²) in [6.45, 7) is 3.75. The van der Waals surface area contributed by atoms with Gasteiger partial charge in [0.1, 0.15) is 12.4 Å². The second-order valence-corrected chi connectivity index (χ2v) is 6.06. The van der Waals surface area contributed by atoms with Crippen molar-refractivity contribution >= 4 is 23.1 Å². The summed E-state index contributed by atoms with van der Waals surface area (Å²) in [4.78, 5) is 0. The molecule has 0 saturated carbocycles. The lowest BCUT2D eigenvalue weighted by molar-refractivity contribution is 0.285. The molecule has 4 nitrogen and oxygen atoms in total. The summed E-state index contributed by atoms with van der Waals surface area (Å²) in [5.41, 5.74) is 11.1. The number of benzene rings is 2. The predicted octanol–water partition coefficient (Wildman–Crippen LogP) is 3.56. The quantitative estimate of drug-likeness (QED) is 0.870. The van der Waals surface area contributed by atoms with Crippen molar-refractivity contribution in [3.8, 4) is 5.75 Å². The van der Waals surface area contributed by atoms with E-state index in [1.54, 1.807) is 7.11 Å². The maximum absolute atomic E-state index is 6.15. The van der Waals surface area contributed by atoms with E-state index in [9.17, 15) is 0 Å². The third-order valence-corrected chi connectivity index (χ3v) is 4.39. The number of fused-ring (bicyclic) bond motifs is 1. The second-order valence-electron chi connectivity index (χ2n) is 5.65. The highest BCUT2D eigenvalue weighted by atomic mass is 35.5. The summed E-state index contributed by atoms with van der Waals surface area (Å²) in [5.74, 6) is 1.46. The molecule has 3 N–H and O–H groups in total. The smallest absolute Gasteiger partial charge is 0.150 e. The minimum Gasteiger partial charge on any atom is -0.495 e. The first-order valence-electron chi connectivity index (χ1n) is 7.89. The SMILES string of the molecule is COc1cc(C2=C(OCCN)c3c(C)cccc3CN2)ccc1Cl. The van der Waals surface area contributed by atoms with Crippen LogP contribution in [0.15, 0.2) is 36.4 Å². The summed E-state index contributed by atoms with van der Waals surface area (Å²) in [5, 5.41) is 4.05. The van der Waals surface area contributed by atoms with Crippen LogP contribution in [0.4, 0.5) is 0 Å². The van der Waals surface area contributed by atoms with E-state index in [4.69, 9.17) is 26.8 Å². The van der Waals surface area contributed by atoms with Crippen LogP contribution >= 0.6 is 11.6 Å². The van der Waals surface area contributed by atoms with Crippen molar-refractivity contribution in [2.24, 2.45) is 5.73 Å². The third kappa shape index (κ3) is 3.07. The standard InChI is InChI=1S/C19H21ClN2O2/c1-12-4-3-5-14-11-22-18(19(17(12)14)24-9-8-21)13-6-7-15(20)16(10-13)23-2/h3-7,10,22H,8-9,11,21H2,1-2H3. The summed E-state index contributed by atoms with van der Waals surface area (Å²) in [6.07, 6.45) is 0. The van der Waals surface area contributed by atoms with Gasteiger partial charge in [0.05, 0.1) is 17.8 Å². The minimum atomic E-state index is 0.457. The number of methoxy groups -OCH3 is 1. The van der Waals surface area contributed by atoms with Gasteiger partial charge >= 0.3 is 0 Å². The highest BCUT2D eigenvalue weighted by molar-refractivity contribution is 6.32. The van der Waals surface area contributed by atoms with Crippen LogP contribution in [-0.2, 0) is 11.3 Å². The molecule has 0 bridgehead atoms. The van der Waals surface area contributed by atoms with Gasteiger partial charge in [-0.15, -0.1) is 0 Å². The average Bonchev–Trinajstić information content (AvgIpc) is 2.60. The van der Waals surface area contributed by atoms with Gasteiger partial charge in [0.15, 0.2) is 5.76 Å². The number of nitrogens with two attached hydrogens (primary N) is 1. The molecule has 126 valence electrons. The number of aryl methyl sites for hydroxylation is 1. The monoisotopic (exact) mass is 344 g/mol. The Bertz CT molecular complexity index is 787. The largest absolute Gasteiger partial charge is 0.495 e. The molecule has 5 heteroatoms. The Labute approximate surface area is 147 Å². The molecule has 3 rings (SSSR count). The van der Waals surface area contributed by atoms with Gasteiger partial charge in [0, 0.05) is 24.2 Å². The molecule has 1 heterocycles. The first-order chi connectivity index (χ1) is 11.7. The Morgan fingerprint density at radius 1 is 1.25 bits per heavy atom. The van der Waals surface area contributed by atoms with E-state index in [2.05, 4.69) is 30.4 Å². The van der Waals surface area contributed by atoms with E-state index in [1.807, 2.05) is 18.2 Å². The number of hydrogen-bond acceptors (Lipinski definition) is 4. The average molecular weight is 345 g/mol. The Hall–Kier alpha value is -2.17. The van der Waals surface area contributed by atoms with E-state index in [1.165, 1.54) is 11.1 Å². The van der Waals surface area contributed by atoms with Crippen LogP contribution in [0.3, 0.4) is 0 Å². The molecule has 24 heavy (non-hydrogen) atoms. The fourth-order valence-electron chi connectivity index (χ4n) is 2.94. The van der Waals surface area contributed by atoms with Crippen molar-refractivity contribution in [3.05, 3.63) is 63.7 Å². The summed E-state index contributed by atoms with van der Waals surface area (Å²) in [6, 6.07) is 12.0. The van der Waals surface area contributed by atoms with Gasteiger partial charge in [-0.1, -0.05) is 35.9 Å². The van der Waals surface area contributed by atoms with Gasteiger partial charge < -0.3 is 20.5 Å². The van der Waals surface area contributed by atoms with Crippen LogP contribution in [0.2, 0.25) is 5.02 Å². The Morgan fingerprint density at radius 3 is 2.83 bits per heavy atom. The predicted molar refractivity (Wildman–Crippen MR) is 97.8 cm³/mol. The maximum atomic E-state index is 6.15. The Balaban J connectivity index is 2.16. The van der Waals surface area contributed by atoms with Crippen LogP contribution in [0.1, 0.15) is 22.3 Å². The molecule has 0 unspecified atom stereocenters. The highest BCUT2D eigenvalue weighted by Gasteiger charge is 2.23. The summed E-state index contributed by atoms with van der Waals surface area (Å²) in [7, 11) is 1.61. The molecule has 0 aliphatic carbocycles. The fourth-order valence-corrected chi connectivity index (χ4v) is 3.14. The van der Waals surface area contributed by atoms with Crippen LogP contribution in [0.5, 0.6) is 5.75 Å². The minimum absolute atomic E-state index is 0.457. The molecular weight excluding hydrogens is 324 g/mol. The zero-order chi connectivity index (χ0) is 17.1. The summed E-state index contributed by atoms with van der Waals surface area (Å²) < 4.78 is 11.4. The topological polar surface area (TPSA) is 56.5 Å². The van der Waals surface area contributed by atoms with Gasteiger partial charge in [0.25, 0.3) is 0 Å². The van der Waals surface area contributed by atoms with E-state index in [0.717, 1.165) is 29.1 Å². The zero-order valence-electron chi connectivity index (χ0n) is 13.9. The lowest BCUT2D eigenvalue weighted by Crippen LogP contribution is -2.23. The van der Waals surface area contributed by atoms with Gasteiger partial charge in [0.2, 0.25) is 0 Å². The maximum Gasteiger partial charge on any atom is 0.150 e. The Morgan fingerprint density at radius 2 is 2.08 bits per heavy atom. The molecule has 0 fully saturated rings.